The van der Waals surface area contributed by atoms with Gasteiger partial charge in [-0.2, -0.15) is 0 Å². The van der Waals surface area contributed by atoms with Crippen molar-refractivity contribution >= 4 is 58.2 Å². The number of nitrogens with one attached hydrogen (secondary N) is 1. The summed E-state index contributed by atoms with van der Waals surface area (Å²) in [6.07, 6.45) is 3.04. The zero-order chi connectivity index (χ0) is 15.4. The Morgan fingerprint density at radius 3 is 2.19 bits per heavy atom. The van der Waals surface area contributed by atoms with Crippen LogP contribution in [0.3, 0.4) is 0 Å². The SMILES string of the molecule is Nc1ccc(/C=C/C(=O)Nc2c(Cl)cc(Cl)cc2Cl)cc1. The molecule has 1 amide bonds. The highest BCUT2D eigenvalue weighted by molar-refractivity contribution is 6.42. The lowest BCUT2D eigenvalue weighted by Gasteiger charge is -2.07. The van der Waals surface area contributed by atoms with Crippen molar-refractivity contribution in [1.82, 2.24) is 0 Å². The quantitative estimate of drug-likeness (QED) is 0.617. The second kappa shape index (κ2) is 6.85. The Labute approximate surface area is 137 Å². The van der Waals surface area contributed by atoms with Crippen LogP contribution in [0.15, 0.2) is 42.5 Å². The van der Waals surface area contributed by atoms with E-state index in [-0.39, 0.29) is 16.0 Å². The highest BCUT2D eigenvalue weighted by Crippen LogP contribution is 2.33. The maximum atomic E-state index is 11.9. The van der Waals surface area contributed by atoms with Gasteiger partial charge in [-0.25, -0.2) is 0 Å². The molecule has 2 rings (SSSR count). The van der Waals surface area contributed by atoms with Crippen LogP contribution in [0.4, 0.5) is 11.4 Å². The summed E-state index contributed by atoms with van der Waals surface area (Å²) in [5.41, 5.74) is 7.43. The number of carbonyl (C=O) groups excluding carboxylic acids is 1. The first-order valence-electron chi connectivity index (χ1n) is 5.95. The number of rotatable bonds is 3. The van der Waals surface area contributed by atoms with Gasteiger partial charge in [0.05, 0.1) is 15.7 Å². The van der Waals surface area contributed by atoms with Gasteiger partial charge in [-0.15, -0.1) is 0 Å². The molecule has 3 nitrogen and oxygen atoms in total. The third-order valence-corrected chi connectivity index (χ3v) is 3.43. The molecule has 0 saturated heterocycles. The Balaban J connectivity index is 2.10. The molecule has 0 aromatic heterocycles. The van der Waals surface area contributed by atoms with Crippen LogP contribution in [0.2, 0.25) is 15.1 Å². The standard InChI is InChI=1S/C15H11Cl3N2O/c16-10-7-12(17)15(13(18)8-10)20-14(21)6-3-9-1-4-11(19)5-2-9/h1-8H,19H2,(H,20,21)/b6-3+. The van der Waals surface area contributed by atoms with E-state index in [9.17, 15) is 4.79 Å². The highest BCUT2D eigenvalue weighted by Gasteiger charge is 2.09. The van der Waals surface area contributed by atoms with Gasteiger partial charge in [0, 0.05) is 16.8 Å². The van der Waals surface area contributed by atoms with Crippen molar-refractivity contribution in [2.75, 3.05) is 11.1 Å². The molecule has 0 bridgehead atoms. The van der Waals surface area contributed by atoms with Crippen LogP contribution in [0.1, 0.15) is 5.56 Å². The normalized spacial score (nSPS) is 10.8. The van der Waals surface area contributed by atoms with Crippen LogP contribution in [0.5, 0.6) is 0 Å². The van der Waals surface area contributed by atoms with Crippen LogP contribution in [-0.4, -0.2) is 5.91 Å². The highest BCUT2D eigenvalue weighted by atomic mass is 35.5. The van der Waals surface area contributed by atoms with Gasteiger partial charge in [-0.05, 0) is 35.9 Å². The van der Waals surface area contributed by atoms with Crippen molar-refractivity contribution in [3.63, 3.8) is 0 Å². The number of nitrogens with two attached hydrogens (primary N) is 1. The predicted octanol–water partition coefficient (Wildman–Crippen LogP) is 4.88. The molecule has 108 valence electrons. The molecule has 0 saturated carbocycles. The Hall–Kier alpha value is -1.68. The maximum absolute atomic E-state index is 11.9. The fourth-order valence-electron chi connectivity index (χ4n) is 1.61. The average Bonchev–Trinajstić information content (AvgIpc) is 2.42. The molecule has 0 aliphatic carbocycles. The topological polar surface area (TPSA) is 55.1 Å². The Kier molecular flexibility index (Phi) is 5.12. The molecular weight excluding hydrogens is 331 g/mol. The van der Waals surface area contributed by atoms with Gasteiger partial charge in [-0.3, -0.25) is 4.79 Å². The van der Waals surface area contributed by atoms with Gasteiger partial charge in [0.2, 0.25) is 5.91 Å². The molecule has 0 heterocycles. The summed E-state index contributed by atoms with van der Waals surface area (Å²) in [5, 5.41) is 3.58. The van der Waals surface area contributed by atoms with Crippen LogP contribution in [0, 0.1) is 0 Å². The third kappa shape index (κ3) is 4.39. The van der Waals surface area contributed by atoms with E-state index < -0.39 is 0 Å². The van der Waals surface area contributed by atoms with Gasteiger partial charge in [0.1, 0.15) is 0 Å². The minimum absolute atomic E-state index is 0.279. The molecule has 0 atom stereocenters. The molecule has 0 unspecified atom stereocenters. The zero-order valence-electron chi connectivity index (χ0n) is 10.7. The first-order chi connectivity index (χ1) is 9.95. The first kappa shape index (κ1) is 15.7. The molecular formula is C15H11Cl3N2O. The van der Waals surface area contributed by atoms with E-state index in [0.29, 0.717) is 16.4 Å². The molecule has 2 aromatic rings. The average molecular weight is 342 g/mol. The van der Waals surface area contributed by atoms with E-state index in [1.54, 1.807) is 30.3 Å². The van der Waals surface area contributed by atoms with Gasteiger partial charge in [-0.1, -0.05) is 46.9 Å². The Morgan fingerprint density at radius 1 is 1.05 bits per heavy atom. The monoisotopic (exact) mass is 340 g/mol. The van der Waals surface area contributed by atoms with Crippen molar-refractivity contribution < 1.29 is 4.79 Å². The smallest absolute Gasteiger partial charge is 0.248 e. The number of anilines is 2. The van der Waals surface area contributed by atoms with E-state index in [1.807, 2.05) is 0 Å². The van der Waals surface area contributed by atoms with E-state index in [1.165, 1.54) is 18.2 Å². The Bertz CT molecular complexity index is 674. The summed E-state index contributed by atoms with van der Waals surface area (Å²) in [5.74, 6) is -0.349. The van der Waals surface area contributed by atoms with Crippen LogP contribution >= 0.6 is 34.8 Å². The largest absolute Gasteiger partial charge is 0.399 e. The summed E-state index contributed by atoms with van der Waals surface area (Å²) in [4.78, 5) is 11.9. The van der Waals surface area contributed by atoms with E-state index in [2.05, 4.69) is 5.32 Å². The lowest BCUT2D eigenvalue weighted by molar-refractivity contribution is -0.111. The van der Waals surface area contributed by atoms with Crippen molar-refractivity contribution in [1.29, 1.82) is 0 Å². The van der Waals surface area contributed by atoms with Crippen molar-refractivity contribution in [2.45, 2.75) is 0 Å². The summed E-state index contributed by atoms with van der Waals surface area (Å²) in [6.45, 7) is 0. The van der Waals surface area contributed by atoms with Crippen molar-refractivity contribution in [3.8, 4) is 0 Å². The molecule has 0 spiro atoms. The molecule has 0 aliphatic rings. The number of benzene rings is 2. The maximum Gasteiger partial charge on any atom is 0.248 e. The Morgan fingerprint density at radius 2 is 1.62 bits per heavy atom. The molecule has 3 N–H and O–H groups in total. The van der Waals surface area contributed by atoms with Crippen LogP contribution in [-0.2, 0) is 4.79 Å². The number of hydrogen-bond donors (Lipinski definition) is 2. The number of halogens is 3. The minimum atomic E-state index is -0.349. The number of nitrogen functional groups attached to an aromatic ring is 1. The molecule has 0 aliphatic heterocycles. The lowest BCUT2D eigenvalue weighted by atomic mass is 10.2. The van der Waals surface area contributed by atoms with E-state index >= 15 is 0 Å². The number of hydrogen-bond acceptors (Lipinski definition) is 2. The summed E-state index contributed by atoms with van der Waals surface area (Å²) < 4.78 is 0. The van der Waals surface area contributed by atoms with Crippen molar-refractivity contribution in [2.24, 2.45) is 0 Å². The molecule has 0 fully saturated rings. The van der Waals surface area contributed by atoms with Crippen LogP contribution < -0.4 is 11.1 Å². The second-order valence-electron chi connectivity index (χ2n) is 4.23. The molecule has 21 heavy (non-hydrogen) atoms. The molecule has 6 heteroatoms. The zero-order valence-corrected chi connectivity index (χ0v) is 13.0. The fourth-order valence-corrected chi connectivity index (χ4v) is 2.52. The predicted molar refractivity (Wildman–Crippen MR) is 90.0 cm³/mol. The van der Waals surface area contributed by atoms with Gasteiger partial charge >= 0.3 is 0 Å². The summed E-state index contributed by atoms with van der Waals surface area (Å²) in [6, 6.07) is 10.1. The molecule has 0 radical (unpaired) electrons. The number of amides is 1. The van der Waals surface area contributed by atoms with Gasteiger partial charge < -0.3 is 11.1 Å². The summed E-state index contributed by atoms with van der Waals surface area (Å²) in [7, 11) is 0. The van der Waals surface area contributed by atoms with Crippen LogP contribution in [0.25, 0.3) is 6.08 Å². The lowest BCUT2D eigenvalue weighted by Crippen LogP contribution is -2.08. The summed E-state index contributed by atoms with van der Waals surface area (Å²) >= 11 is 17.8. The first-order valence-corrected chi connectivity index (χ1v) is 7.08. The van der Waals surface area contributed by atoms with Gasteiger partial charge in [0.15, 0.2) is 0 Å². The molecule has 2 aromatic carbocycles. The van der Waals surface area contributed by atoms with E-state index in [4.69, 9.17) is 40.5 Å². The number of carbonyl (C=O) groups is 1. The van der Waals surface area contributed by atoms with Crippen molar-refractivity contribution in [3.05, 3.63) is 63.1 Å². The second-order valence-corrected chi connectivity index (χ2v) is 5.48. The third-order valence-electron chi connectivity index (χ3n) is 2.62. The fraction of sp³-hybridized carbons (Fsp3) is 0. The van der Waals surface area contributed by atoms with Gasteiger partial charge in [0.25, 0.3) is 0 Å². The minimum Gasteiger partial charge on any atom is -0.399 e. The van der Waals surface area contributed by atoms with E-state index in [0.717, 1.165) is 5.56 Å².